The molecule has 1 fully saturated rings. The molecule has 12 heteroatoms. The second-order valence-corrected chi connectivity index (χ2v) is 10.3. The van der Waals surface area contributed by atoms with Gasteiger partial charge in [-0.05, 0) is 37.1 Å². The highest BCUT2D eigenvalue weighted by atomic mass is 127. The van der Waals surface area contributed by atoms with Crippen LogP contribution in [0.4, 0.5) is 0 Å². The van der Waals surface area contributed by atoms with E-state index in [4.69, 9.17) is 0 Å². The molecule has 1 aliphatic heterocycles. The van der Waals surface area contributed by atoms with Crippen molar-refractivity contribution in [2.24, 2.45) is 4.99 Å². The van der Waals surface area contributed by atoms with E-state index in [9.17, 15) is 8.42 Å². The number of nitrogens with one attached hydrogen (secondary N) is 2. The smallest absolute Gasteiger partial charge is 0.252 e. The number of halogens is 1. The van der Waals surface area contributed by atoms with Crippen molar-refractivity contribution in [2.45, 2.75) is 36.6 Å². The van der Waals surface area contributed by atoms with Crippen molar-refractivity contribution >= 4 is 56.9 Å². The highest BCUT2D eigenvalue weighted by Gasteiger charge is 2.27. The molecule has 9 nitrogen and oxygen atoms in total. The molecule has 0 saturated carbocycles. The van der Waals surface area contributed by atoms with Gasteiger partial charge in [0.2, 0.25) is 0 Å². The molecule has 0 spiro atoms. The van der Waals surface area contributed by atoms with Gasteiger partial charge in [0.1, 0.15) is 4.21 Å². The van der Waals surface area contributed by atoms with Gasteiger partial charge in [-0.3, -0.25) is 9.39 Å². The second kappa shape index (κ2) is 10.7. The molecule has 0 radical (unpaired) electrons. The number of hydrogen-bond acceptors (Lipinski definition) is 6. The highest BCUT2D eigenvalue weighted by molar-refractivity contribution is 14.0. The summed E-state index contributed by atoms with van der Waals surface area (Å²) in [6.45, 7) is 2.17. The first kappa shape index (κ1) is 23.9. The maximum absolute atomic E-state index is 12.8. The number of piperidine rings is 1. The molecule has 0 atom stereocenters. The van der Waals surface area contributed by atoms with Gasteiger partial charge in [-0.1, -0.05) is 12.5 Å². The number of sulfonamides is 1. The fraction of sp³-hybridized carbons (Fsp3) is 0.421. The average molecular weight is 576 g/mol. The minimum Gasteiger partial charge on any atom is -0.352 e. The predicted octanol–water partition coefficient (Wildman–Crippen LogP) is 2.45. The Hall–Kier alpha value is -1.77. The first-order valence-corrected chi connectivity index (χ1v) is 12.2. The van der Waals surface area contributed by atoms with Crippen LogP contribution in [0.25, 0.3) is 5.65 Å². The van der Waals surface area contributed by atoms with Gasteiger partial charge in [-0.2, -0.15) is 4.31 Å². The van der Waals surface area contributed by atoms with Crippen molar-refractivity contribution in [3.63, 3.8) is 0 Å². The minimum atomic E-state index is -3.39. The zero-order valence-electron chi connectivity index (χ0n) is 17.2. The molecule has 4 heterocycles. The largest absolute Gasteiger partial charge is 0.352 e. The molecule has 31 heavy (non-hydrogen) atoms. The van der Waals surface area contributed by atoms with Gasteiger partial charge in [-0.15, -0.1) is 45.5 Å². The first-order valence-electron chi connectivity index (χ1n) is 9.90. The molecule has 1 saturated heterocycles. The molecule has 1 aliphatic rings. The number of rotatable bonds is 6. The quantitative estimate of drug-likeness (QED) is 0.266. The van der Waals surface area contributed by atoms with E-state index in [1.807, 2.05) is 34.9 Å². The van der Waals surface area contributed by atoms with Gasteiger partial charge in [0.15, 0.2) is 17.4 Å². The molecule has 0 aliphatic carbocycles. The Morgan fingerprint density at radius 2 is 1.87 bits per heavy atom. The summed E-state index contributed by atoms with van der Waals surface area (Å²) in [5.41, 5.74) is 0.790. The van der Waals surface area contributed by atoms with Gasteiger partial charge in [0.25, 0.3) is 10.0 Å². The number of thiophene rings is 1. The molecule has 0 bridgehead atoms. The van der Waals surface area contributed by atoms with Crippen LogP contribution < -0.4 is 10.6 Å². The standard InChI is InChI=1S/C19H25N7O2S2.HI/c1-20-19(22-14-17-24-23-16-7-3-6-12-26(16)17)21-13-15-8-9-18(29-15)30(27,28)25-10-4-2-5-11-25;/h3,6-9,12H,2,4-5,10-11,13-14H2,1H3,(H2,20,21,22);1H. The molecule has 168 valence electrons. The number of aliphatic imine (C=N–C) groups is 1. The van der Waals surface area contributed by atoms with Crippen molar-refractivity contribution in [2.75, 3.05) is 20.1 Å². The molecule has 0 aromatic carbocycles. The summed E-state index contributed by atoms with van der Waals surface area (Å²) in [6, 6.07) is 9.30. The van der Waals surface area contributed by atoms with E-state index in [2.05, 4.69) is 25.8 Å². The van der Waals surface area contributed by atoms with E-state index in [0.717, 1.165) is 35.6 Å². The number of fused-ring (bicyclic) bond motifs is 1. The summed E-state index contributed by atoms with van der Waals surface area (Å²) in [6.07, 6.45) is 4.88. The lowest BCUT2D eigenvalue weighted by Gasteiger charge is -2.25. The Morgan fingerprint density at radius 1 is 1.10 bits per heavy atom. The molecule has 0 amide bonds. The molecule has 3 aromatic rings. The number of guanidine groups is 1. The van der Waals surface area contributed by atoms with Gasteiger partial charge in [0, 0.05) is 31.2 Å². The summed E-state index contributed by atoms with van der Waals surface area (Å²) in [4.78, 5) is 5.16. The number of nitrogens with zero attached hydrogens (tertiary/aromatic N) is 5. The summed E-state index contributed by atoms with van der Waals surface area (Å²) in [7, 11) is -1.69. The molecule has 4 rings (SSSR count). The number of pyridine rings is 1. The van der Waals surface area contributed by atoms with E-state index >= 15 is 0 Å². The molecule has 0 unspecified atom stereocenters. The highest BCUT2D eigenvalue weighted by Crippen LogP contribution is 2.27. The zero-order valence-corrected chi connectivity index (χ0v) is 21.2. The van der Waals surface area contributed by atoms with Crippen molar-refractivity contribution in [3.05, 3.63) is 47.2 Å². The third-order valence-corrected chi connectivity index (χ3v) is 8.45. The van der Waals surface area contributed by atoms with E-state index in [-0.39, 0.29) is 24.0 Å². The Kier molecular flexibility index (Phi) is 8.24. The van der Waals surface area contributed by atoms with Gasteiger partial charge in [0.05, 0.1) is 13.1 Å². The third-order valence-electron chi connectivity index (χ3n) is 5.00. The first-order chi connectivity index (χ1) is 14.6. The molecule has 3 aromatic heterocycles. The summed E-state index contributed by atoms with van der Waals surface area (Å²) >= 11 is 1.30. The van der Waals surface area contributed by atoms with Gasteiger partial charge in [-0.25, -0.2) is 8.42 Å². The van der Waals surface area contributed by atoms with Crippen LogP contribution in [0.3, 0.4) is 0 Å². The molecule has 2 N–H and O–H groups in total. The van der Waals surface area contributed by atoms with E-state index < -0.39 is 10.0 Å². The average Bonchev–Trinajstić information content (AvgIpc) is 3.42. The fourth-order valence-electron chi connectivity index (χ4n) is 3.39. The van der Waals surface area contributed by atoms with Crippen LogP contribution in [0.5, 0.6) is 0 Å². The Bertz CT molecular complexity index is 1140. The van der Waals surface area contributed by atoms with Crippen molar-refractivity contribution in [3.8, 4) is 0 Å². The topological polar surface area (TPSA) is 104 Å². The van der Waals surface area contributed by atoms with Crippen LogP contribution in [0, 0.1) is 0 Å². The van der Waals surface area contributed by atoms with Crippen molar-refractivity contribution in [1.82, 2.24) is 29.5 Å². The van der Waals surface area contributed by atoms with Crippen LogP contribution in [-0.4, -0.2) is 53.4 Å². The van der Waals surface area contributed by atoms with E-state index in [1.54, 1.807) is 17.4 Å². The van der Waals surface area contributed by atoms with E-state index in [1.165, 1.54) is 11.3 Å². The van der Waals surface area contributed by atoms with Crippen LogP contribution in [0.15, 0.2) is 45.7 Å². The predicted molar refractivity (Wildman–Crippen MR) is 132 cm³/mol. The molecular weight excluding hydrogens is 549 g/mol. The Labute approximate surface area is 203 Å². The number of aromatic nitrogens is 3. The van der Waals surface area contributed by atoms with Crippen LogP contribution in [0.1, 0.15) is 30.0 Å². The van der Waals surface area contributed by atoms with Crippen LogP contribution in [-0.2, 0) is 23.1 Å². The summed E-state index contributed by atoms with van der Waals surface area (Å²) < 4.78 is 29.5. The zero-order chi connectivity index (χ0) is 21.0. The summed E-state index contributed by atoms with van der Waals surface area (Å²) in [5.74, 6) is 1.39. The maximum Gasteiger partial charge on any atom is 0.252 e. The Balaban J connectivity index is 0.00000272. The lowest BCUT2D eigenvalue weighted by atomic mass is 10.2. The maximum atomic E-state index is 12.8. The van der Waals surface area contributed by atoms with Crippen LogP contribution in [0.2, 0.25) is 0 Å². The lowest BCUT2D eigenvalue weighted by Crippen LogP contribution is -2.36. The normalized spacial score (nSPS) is 15.6. The van der Waals surface area contributed by atoms with Crippen LogP contribution >= 0.6 is 35.3 Å². The SMILES string of the molecule is CN=C(NCc1ccc(S(=O)(=O)N2CCCCC2)s1)NCc1nnc2ccccn12.I. The number of hydrogen-bond donors (Lipinski definition) is 2. The van der Waals surface area contributed by atoms with E-state index in [0.29, 0.717) is 36.3 Å². The third kappa shape index (κ3) is 5.54. The van der Waals surface area contributed by atoms with Gasteiger partial charge < -0.3 is 10.6 Å². The lowest BCUT2D eigenvalue weighted by molar-refractivity contribution is 0.347. The fourth-order valence-corrected chi connectivity index (χ4v) is 6.36. The van der Waals surface area contributed by atoms with Crippen molar-refractivity contribution in [1.29, 1.82) is 0 Å². The molecular formula is C19H26IN7O2S2. The van der Waals surface area contributed by atoms with Crippen molar-refractivity contribution < 1.29 is 8.42 Å². The monoisotopic (exact) mass is 575 g/mol. The Morgan fingerprint density at radius 3 is 2.65 bits per heavy atom. The second-order valence-electron chi connectivity index (χ2n) is 7.01. The van der Waals surface area contributed by atoms with Gasteiger partial charge >= 0.3 is 0 Å². The minimum absolute atomic E-state index is 0. The summed E-state index contributed by atoms with van der Waals surface area (Å²) in [5, 5.41) is 14.8.